The Morgan fingerprint density at radius 3 is 3.10 bits per heavy atom. The van der Waals surface area contributed by atoms with Crippen molar-refractivity contribution >= 4 is 17.4 Å². The first-order chi connectivity index (χ1) is 10.1. The lowest BCUT2D eigenvalue weighted by Gasteiger charge is -2.05. The maximum absolute atomic E-state index is 13.2. The number of aromatic amines is 1. The van der Waals surface area contributed by atoms with Crippen molar-refractivity contribution in [3.63, 3.8) is 0 Å². The van der Waals surface area contributed by atoms with Crippen LogP contribution in [0, 0.1) is 11.8 Å². The Morgan fingerprint density at radius 2 is 2.29 bits per heavy atom. The fourth-order valence-corrected chi connectivity index (χ4v) is 3.16. The van der Waals surface area contributed by atoms with Gasteiger partial charge in [0.15, 0.2) is 0 Å². The molecule has 1 N–H and O–H groups in total. The third kappa shape index (κ3) is 3.41. The van der Waals surface area contributed by atoms with Crippen LogP contribution in [0.4, 0.5) is 4.39 Å². The molecule has 0 saturated heterocycles. The second-order valence-electron chi connectivity index (χ2n) is 5.26. The van der Waals surface area contributed by atoms with Gasteiger partial charge in [0.25, 0.3) is 0 Å². The number of nitrogens with zero attached hydrogens (tertiary/aromatic N) is 2. The van der Waals surface area contributed by atoms with Gasteiger partial charge in [-0.1, -0.05) is 0 Å². The number of alkyl halides is 1. The molecule has 108 valence electrons. The average molecular weight is 301 g/mol. The lowest BCUT2D eigenvalue weighted by Crippen LogP contribution is -2.30. The standard InChI is InChI=1S/C16H16FN3S/c1-20(2)10-15-6-5-14(21-15)4-3-13-8-11-7-12(17)9-18-16(11)19-13/h5-8,12H,9-10H2,1-2H3,(H,18,19). The highest BCUT2D eigenvalue weighted by Crippen LogP contribution is 2.16. The summed E-state index contributed by atoms with van der Waals surface area (Å²) in [5.41, 5.74) is 1.50. The zero-order valence-corrected chi connectivity index (χ0v) is 12.8. The Balaban J connectivity index is 1.82. The molecule has 0 fully saturated rings. The lowest BCUT2D eigenvalue weighted by molar-refractivity contribution is 0.406. The number of rotatable bonds is 2. The molecule has 0 radical (unpaired) electrons. The van der Waals surface area contributed by atoms with Crippen molar-refractivity contribution in [2.24, 2.45) is 4.99 Å². The largest absolute Gasteiger partial charge is 0.333 e. The molecule has 0 aliphatic carbocycles. The van der Waals surface area contributed by atoms with Crippen LogP contribution in [0.2, 0.25) is 0 Å². The molecular formula is C16H16FN3S. The van der Waals surface area contributed by atoms with Crippen LogP contribution in [0.25, 0.3) is 6.08 Å². The molecule has 21 heavy (non-hydrogen) atoms. The van der Waals surface area contributed by atoms with Crippen LogP contribution < -0.4 is 10.7 Å². The first-order valence-electron chi connectivity index (χ1n) is 6.75. The minimum Gasteiger partial charge on any atom is -0.333 e. The fourth-order valence-electron chi connectivity index (χ4n) is 2.18. The summed E-state index contributed by atoms with van der Waals surface area (Å²) in [6, 6.07) is 5.99. The van der Waals surface area contributed by atoms with Crippen LogP contribution in [0.15, 0.2) is 23.2 Å². The third-order valence-electron chi connectivity index (χ3n) is 3.06. The smallest absolute Gasteiger partial charge is 0.139 e. The molecule has 2 aromatic heterocycles. The van der Waals surface area contributed by atoms with Crippen LogP contribution in [-0.2, 0) is 6.54 Å². The molecule has 0 saturated carbocycles. The van der Waals surface area contributed by atoms with E-state index in [1.807, 2.05) is 26.2 Å². The molecule has 2 aromatic rings. The van der Waals surface area contributed by atoms with Crippen LogP contribution in [-0.4, -0.2) is 36.7 Å². The molecule has 1 atom stereocenters. The van der Waals surface area contributed by atoms with Crippen molar-refractivity contribution in [1.29, 1.82) is 0 Å². The number of H-pyrrole nitrogens is 1. The predicted octanol–water partition coefficient (Wildman–Crippen LogP) is 1.29. The Bertz CT molecular complexity index is 820. The van der Waals surface area contributed by atoms with E-state index >= 15 is 0 Å². The van der Waals surface area contributed by atoms with Gasteiger partial charge in [-0.3, -0.25) is 4.99 Å². The predicted molar refractivity (Wildman–Crippen MR) is 83.5 cm³/mol. The van der Waals surface area contributed by atoms with Crippen molar-refractivity contribution in [3.05, 3.63) is 44.4 Å². The molecule has 3 heterocycles. The number of hydrogen-bond donors (Lipinski definition) is 1. The van der Waals surface area contributed by atoms with E-state index in [9.17, 15) is 4.39 Å². The van der Waals surface area contributed by atoms with Gasteiger partial charge in [0.2, 0.25) is 0 Å². The third-order valence-corrected chi connectivity index (χ3v) is 4.05. The summed E-state index contributed by atoms with van der Waals surface area (Å²) in [6.07, 6.45) is 0.602. The highest BCUT2D eigenvalue weighted by Gasteiger charge is 2.07. The van der Waals surface area contributed by atoms with Crippen molar-refractivity contribution in [1.82, 2.24) is 9.88 Å². The normalized spacial score (nSPS) is 16.7. The molecular weight excluding hydrogens is 285 g/mol. The zero-order valence-electron chi connectivity index (χ0n) is 12.0. The summed E-state index contributed by atoms with van der Waals surface area (Å²) in [7, 11) is 4.10. The topological polar surface area (TPSA) is 31.4 Å². The van der Waals surface area contributed by atoms with Gasteiger partial charge in [0.1, 0.15) is 11.7 Å². The van der Waals surface area contributed by atoms with Gasteiger partial charge in [0, 0.05) is 16.6 Å². The summed E-state index contributed by atoms with van der Waals surface area (Å²) < 4.78 is 13.2. The van der Waals surface area contributed by atoms with Crippen molar-refractivity contribution in [2.75, 3.05) is 20.6 Å². The SMILES string of the molecule is CN(C)Cc1ccc(C#Cc2cc3c([nH]2)=NCC(F)C=3)s1. The van der Waals surface area contributed by atoms with Crippen LogP contribution >= 0.6 is 11.3 Å². The molecule has 5 heteroatoms. The number of hydrogen-bond acceptors (Lipinski definition) is 3. The number of nitrogens with one attached hydrogen (secondary N) is 1. The second kappa shape index (κ2) is 5.84. The van der Waals surface area contributed by atoms with E-state index in [4.69, 9.17) is 0 Å². The van der Waals surface area contributed by atoms with Crippen LogP contribution in [0.3, 0.4) is 0 Å². The first-order valence-corrected chi connectivity index (χ1v) is 7.57. The monoisotopic (exact) mass is 301 g/mol. The maximum atomic E-state index is 13.2. The van der Waals surface area contributed by atoms with Gasteiger partial charge in [-0.15, -0.1) is 11.3 Å². The fraction of sp³-hybridized carbons (Fsp3) is 0.312. The quantitative estimate of drug-likeness (QED) is 0.833. The van der Waals surface area contributed by atoms with Gasteiger partial charge in [-0.25, -0.2) is 4.39 Å². The Labute approximate surface area is 126 Å². The van der Waals surface area contributed by atoms with Gasteiger partial charge in [0.05, 0.1) is 17.1 Å². The Hall–Kier alpha value is -1.90. The molecule has 3 nitrogen and oxygen atoms in total. The average Bonchev–Trinajstić information content (AvgIpc) is 3.01. The van der Waals surface area contributed by atoms with E-state index in [0.29, 0.717) is 0 Å². The number of thiophene rings is 1. The Kier molecular flexibility index (Phi) is 3.91. The summed E-state index contributed by atoms with van der Waals surface area (Å²) in [6.45, 7) is 1.12. The highest BCUT2D eigenvalue weighted by molar-refractivity contribution is 7.12. The molecule has 0 bridgehead atoms. The van der Waals surface area contributed by atoms with E-state index in [-0.39, 0.29) is 6.54 Å². The van der Waals surface area contributed by atoms with E-state index in [2.05, 4.69) is 32.8 Å². The molecule has 0 amide bonds. The molecule has 3 rings (SSSR count). The number of fused-ring (bicyclic) bond motifs is 1. The minimum absolute atomic E-state index is 0.194. The molecule has 1 aliphatic rings. The molecule has 0 spiro atoms. The number of aromatic nitrogens is 1. The van der Waals surface area contributed by atoms with E-state index in [1.165, 1.54) is 4.88 Å². The van der Waals surface area contributed by atoms with Crippen molar-refractivity contribution < 1.29 is 4.39 Å². The molecule has 1 unspecified atom stereocenters. The summed E-state index contributed by atoms with van der Waals surface area (Å²) in [4.78, 5) is 11.7. The summed E-state index contributed by atoms with van der Waals surface area (Å²) >= 11 is 1.70. The Morgan fingerprint density at radius 1 is 1.43 bits per heavy atom. The minimum atomic E-state index is -0.986. The molecule has 1 aliphatic heterocycles. The van der Waals surface area contributed by atoms with Gasteiger partial charge < -0.3 is 9.88 Å². The van der Waals surface area contributed by atoms with E-state index in [1.54, 1.807) is 17.4 Å². The van der Waals surface area contributed by atoms with E-state index < -0.39 is 6.17 Å². The summed E-state index contributed by atoms with van der Waals surface area (Å²) in [5, 5.41) is 0.803. The second-order valence-corrected chi connectivity index (χ2v) is 6.43. The van der Waals surface area contributed by atoms with Crippen molar-refractivity contribution in [2.45, 2.75) is 12.7 Å². The zero-order chi connectivity index (χ0) is 14.8. The van der Waals surface area contributed by atoms with Crippen LogP contribution in [0.5, 0.6) is 0 Å². The maximum Gasteiger partial charge on any atom is 0.139 e. The summed E-state index contributed by atoms with van der Waals surface area (Å²) in [5.74, 6) is 6.23. The van der Waals surface area contributed by atoms with Gasteiger partial charge in [-0.2, -0.15) is 0 Å². The van der Waals surface area contributed by atoms with Gasteiger partial charge >= 0.3 is 0 Å². The van der Waals surface area contributed by atoms with Gasteiger partial charge in [-0.05, 0) is 50.2 Å². The van der Waals surface area contributed by atoms with E-state index in [0.717, 1.165) is 27.8 Å². The highest BCUT2D eigenvalue weighted by atomic mass is 32.1. The van der Waals surface area contributed by atoms with Crippen LogP contribution in [0.1, 0.15) is 15.4 Å². The molecule has 0 aromatic carbocycles. The first kappa shape index (κ1) is 14.1. The number of halogens is 1. The lowest BCUT2D eigenvalue weighted by atomic mass is 10.2. The van der Waals surface area contributed by atoms with Crippen molar-refractivity contribution in [3.8, 4) is 11.8 Å².